The molecule has 2 saturated carbocycles. The van der Waals surface area contributed by atoms with Gasteiger partial charge in [0.05, 0.1) is 0 Å². The predicted octanol–water partition coefficient (Wildman–Crippen LogP) is 10.2. The molecule has 0 amide bonds. The lowest BCUT2D eigenvalue weighted by Crippen LogP contribution is -2.26. The van der Waals surface area contributed by atoms with Gasteiger partial charge in [0.25, 0.3) is 0 Å². The Balaban J connectivity index is 1.17. The minimum atomic E-state index is -0.369. The molecule has 196 valence electrons. The molecule has 0 N–H and O–H groups in total. The lowest BCUT2D eigenvalue weighted by Gasteiger charge is -2.38. The highest BCUT2D eigenvalue weighted by molar-refractivity contribution is 5.27. The maximum atomic E-state index is 14.5. The topological polar surface area (TPSA) is 0 Å². The van der Waals surface area contributed by atoms with Crippen molar-refractivity contribution >= 4 is 0 Å². The van der Waals surface area contributed by atoms with Crippen LogP contribution in [0.2, 0.25) is 0 Å². The number of hydrogen-bond donors (Lipinski definition) is 0. The monoisotopic (exact) mass is 492 g/mol. The van der Waals surface area contributed by atoms with Gasteiger partial charge in [0.2, 0.25) is 0 Å². The van der Waals surface area contributed by atoms with Gasteiger partial charge in [-0.3, -0.25) is 0 Å². The molecule has 1 atom stereocenters. The highest BCUT2D eigenvalue weighted by Gasteiger charge is 2.31. The van der Waals surface area contributed by atoms with Gasteiger partial charge in [-0.15, -0.1) is 0 Å². The van der Waals surface area contributed by atoms with E-state index >= 15 is 0 Å². The van der Waals surface area contributed by atoms with Gasteiger partial charge in [-0.2, -0.15) is 0 Å². The fourth-order valence-corrected chi connectivity index (χ4v) is 7.07. The summed E-state index contributed by atoms with van der Waals surface area (Å²) < 4.78 is 29.0. The average Bonchev–Trinajstić information content (AvgIpc) is 2.90. The summed E-state index contributed by atoms with van der Waals surface area (Å²) in [6.07, 6.45) is 19.1. The van der Waals surface area contributed by atoms with Crippen LogP contribution < -0.4 is 0 Å². The zero-order valence-corrected chi connectivity index (χ0v) is 22.5. The molecule has 0 nitrogen and oxygen atoms in total. The smallest absolute Gasteiger partial charge is 0.129 e. The Morgan fingerprint density at radius 3 is 1.97 bits per heavy atom. The quantitative estimate of drug-likeness (QED) is 0.289. The molecule has 0 aromatic heterocycles. The van der Waals surface area contributed by atoms with E-state index in [9.17, 15) is 8.78 Å². The van der Waals surface area contributed by atoms with Crippen LogP contribution in [0.1, 0.15) is 107 Å². The lowest BCUT2D eigenvalue weighted by atomic mass is 9.67. The fourth-order valence-electron chi connectivity index (χ4n) is 7.07. The van der Waals surface area contributed by atoms with Gasteiger partial charge in [-0.25, -0.2) is 8.78 Å². The third-order valence-electron chi connectivity index (χ3n) is 9.34. The number of halogens is 2. The average molecular weight is 493 g/mol. The molecule has 36 heavy (non-hydrogen) atoms. The van der Waals surface area contributed by atoms with E-state index < -0.39 is 0 Å². The number of allylic oxidation sites excluding steroid dienone is 2. The van der Waals surface area contributed by atoms with E-state index in [0.29, 0.717) is 24.7 Å². The summed E-state index contributed by atoms with van der Waals surface area (Å²) in [7, 11) is 0. The summed E-state index contributed by atoms with van der Waals surface area (Å²) >= 11 is 0. The Bertz CT molecular complexity index is 923. The first-order chi connectivity index (χ1) is 17.5. The van der Waals surface area contributed by atoms with Crippen molar-refractivity contribution in [2.75, 3.05) is 0 Å². The molecular formula is C34H46F2. The molecule has 2 fully saturated rings. The van der Waals surface area contributed by atoms with E-state index in [4.69, 9.17) is 0 Å². The zero-order chi connectivity index (χ0) is 25.3. The van der Waals surface area contributed by atoms with Crippen LogP contribution >= 0.6 is 0 Å². The van der Waals surface area contributed by atoms with E-state index in [0.717, 1.165) is 36.2 Å². The van der Waals surface area contributed by atoms with Crippen LogP contribution in [0, 0.1) is 35.3 Å². The normalized spacial score (nSPS) is 25.8. The Kier molecular flexibility index (Phi) is 10.2. The highest BCUT2D eigenvalue weighted by Crippen LogP contribution is 2.44. The number of benzene rings is 2. The Morgan fingerprint density at radius 1 is 0.806 bits per heavy atom. The maximum Gasteiger partial charge on any atom is 0.129 e. The van der Waals surface area contributed by atoms with Crippen molar-refractivity contribution in [3.63, 3.8) is 0 Å². The van der Waals surface area contributed by atoms with E-state index in [2.05, 4.69) is 37.3 Å². The van der Waals surface area contributed by atoms with Gasteiger partial charge < -0.3 is 0 Å². The van der Waals surface area contributed by atoms with Crippen molar-refractivity contribution in [1.29, 1.82) is 0 Å². The first kappa shape index (κ1) is 27.1. The third-order valence-corrected chi connectivity index (χ3v) is 9.34. The summed E-state index contributed by atoms with van der Waals surface area (Å²) in [6.45, 7) is 4.33. The van der Waals surface area contributed by atoms with Gasteiger partial charge in [-0.1, -0.05) is 75.1 Å². The van der Waals surface area contributed by atoms with Gasteiger partial charge >= 0.3 is 0 Å². The summed E-state index contributed by atoms with van der Waals surface area (Å²) in [5, 5.41) is 0. The van der Waals surface area contributed by atoms with Gasteiger partial charge in [0.15, 0.2) is 0 Å². The van der Waals surface area contributed by atoms with Gasteiger partial charge in [0, 0.05) is 5.56 Å². The first-order valence-corrected chi connectivity index (χ1v) is 14.7. The van der Waals surface area contributed by atoms with Crippen LogP contribution in [0.5, 0.6) is 0 Å². The SMILES string of the molecule is C/C=C/CCc1c(F)cc(CCC2CCC(C3CCC(C[C@H](C)c4ccccc4)CC3)CC2)cc1F. The molecule has 0 bridgehead atoms. The molecule has 0 unspecified atom stereocenters. The molecule has 2 heteroatoms. The summed E-state index contributed by atoms with van der Waals surface area (Å²) in [5.74, 6) is 3.36. The fraction of sp³-hybridized carbons (Fsp3) is 0.588. The number of hydrogen-bond acceptors (Lipinski definition) is 0. The maximum absolute atomic E-state index is 14.5. The van der Waals surface area contributed by atoms with Gasteiger partial charge in [0.1, 0.15) is 11.6 Å². The van der Waals surface area contributed by atoms with E-state index in [-0.39, 0.29) is 17.2 Å². The second kappa shape index (κ2) is 13.5. The predicted molar refractivity (Wildman–Crippen MR) is 148 cm³/mol. The molecule has 0 spiro atoms. The van der Waals surface area contributed by atoms with Crippen molar-refractivity contribution in [2.45, 2.75) is 103 Å². The Labute approximate surface area is 218 Å². The van der Waals surface area contributed by atoms with Crippen LogP contribution in [0.25, 0.3) is 0 Å². The molecule has 0 saturated heterocycles. The summed E-state index contributed by atoms with van der Waals surface area (Å²) in [6, 6.07) is 14.2. The van der Waals surface area contributed by atoms with Crippen molar-refractivity contribution in [1.82, 2.24) is 0 Å². The molecule has 0 heterocycles. The molecular weight excluding hydrogens is 446 g/mol. The van der Waals surface area contributed by atoms with Crippen molar-refractivity contribution in [3.8, 4) is 0 Å². The molecule has 4 rings (SSSR count). The largest absolute Gasteiger partial charge is 0.207 e. The number of aryl methyl sites for hydroxylation is 1. The second-order valence-electron chi connectivity index (χ2n) is 11.8. The van der Waals surface area contributed by atoms with Crippen LogP contribution in [-0.2, 0) is 12.8 Å². The summed E-state index contributed by atoms with van der Waals surface area (Å²) in [4.78, 5) is 0. The zero-order valence-electron chi connectivity index (χ0n) is 22.5. The minimum Gasteiger partial charge on any atom is -0.207 e. The standard InChI is InChI=1S/C34H46F2/c1-3-4-6-11-32-33(35)23-28(24-34(32)36)13-12-26-14-18-30(19-15-26)31-20-16-27(17-21-31)22-25(2)29-9-7-5-8-10-29/h3-5,7-10,23-27,30-31H,6,11-22H2,1-2H3/b4-3+/t25-,26?,27?,30?,31?/m0/s1. The molecule has 0 radical (unpaired) electrons. The van der Waals surface area contributed by atoms with Crippen molar-refractivity contribution in [3.05, 3.63) is 82.9 Å². The molecule has 2 aliphatic carbocycles. The molecule has 2 aliphatic rings. The van der Waals surface area contributed by atoms with Crippen molar-refractivity contribution < 1.29 is 8.78 Å². The van der Waals surface area contributed by atoms with Crippen LogP contribution in [0.4, 0.5) is 8.78 Å². The molecule has 0 aliphatic heterocycles. The third kappa shape index (κ3) is 7.53. The van der Waals surface area contributed by atoms with E-state index in [1.807, 2.05) is 19.1 Å². The lowest BCUT2D eigenvalue weighted by molar-refractivity contribution is 0.139. The van der Waals surface area contributed by atoms with Gasteiger partial charge in [-0.05, 0) is 118 Å². The van der Waals surface area contributed by atoms with E-state index in [1.54, 1.807) is 12.1 Å². The molecule has 2 aromatic carbocycles. The van der Waals surface area contributed by atoms with Crippen LogP contribution in [0.3, 0.4) is 0 Å². The number of rotatable bonds is 10. The van der Waals surface area contributed by atoms with Crippen molar-refractivity contribution in [2.24, 2.45) is 23.7 Å². The highest BCUT2D eigenvalue weighted by atomic mass is 19.1. The Morgan fingerprint density at radius 2 is 1.39 bits per heavy atom. The molecule has 2 aromatic rings. The summed E-state index contributed by atoms with van der Waals surface area (Å²) in [5.41, 5.74) is 2.55. The minimum absolute atomic E-state index is 0.238. The van der Waals surface area contributed by atoms with Crippen LogP contribution in [-0.4, -0.2) is 0 Å². The van der Waals surface area contributed by atoms with Crippen LogP contribution in [0.15, 0.2) is 54.6 Å². The second-order valence-corrected chi connectivity index (χ2v) is 11.8. The van der Waals surface area contributed by atoms with E-state index in [1.165, 1.54) is 63.4 Å². The Hall–Kier alpha value is -1.96. The first-order valence-electron chi connectivity index (χ1n) is 14.7.